The lowest BCUT2D eigenvalue weighted by Crippen LogP contribution is -2.32. The van der Waals surface area contributed by atoms with Crippen molar-refractivity contribution in [2.45, 2.75) is 0 Å². The molecule has 2 heterocycles. The molecule has 0 radical (unpaired) electrons. The molecule has 2 aliphatic heterocycles. The van der Waals surface area contributed by atoms with Gasteiger partial charge >= 0.3 is 0 Å². The summed E-state index contributed by atoms with van der Waals surface area (Å²) in [6.45, 7) is 5.01. The fourth-order valence-electron chi connectivity index (χ4n) is 2.12. The second-order valence-electron chi connectivity index (χ2n) is 4.32. The predicted octanol–water partition coefficient (Wildman–Crippen LogP) is 1.53. The van der Waals surface area contributed by atoms with Crippen molar-refractivity contribution in [1.82, 2.24) is 15.1 Å². The van der Waals surface area contributed by atoms with Gasteiger partial charge in [-0.15, -0.1) is 0 Å². The second-order valence-corrected chi connectivity index (χ2v) is 4.32. The van der Waals surface area contributed by atoms with Crippen LogP contribution in [-0.4, -0.2) is 30.4 Å². The van der Waals surface area contributed by atoms with Crippen LogP contribution in [0.3, 0.4) is 0 Å². The summed E-state index contributed by atoms with van der Waals surface area (Å²) in [5.41, 5.74) is 6.31. The zero-order valence-electron chi connectivity index (χ0n) is 9.62. The second kappa shape index (κ2) is 3.04. The Bertz CT molecular complexity index is 491. The molecule has 3 nitrogen and oxygen atoms in total. The normalized spacial score (nSPS) is 22.8. The van der Waals surface area contributed by atoms with Gasteiger partial charge in [-0.25, -0.2) is 0 Å². The molecule has 0 bridgehead atoms. The minimum atomic E-state index is 0.977. The van der Waals surface area contributed by atoms with Crippen molar-refractivity contribution in [2.24, 2.45) is 0 Å². The molecule has 0 atom stereocenters. The van der Waals surface area contributed by atoms with Gasteiger partial charge in [-0.1, -0.05) is 6.58 Å². The number of likely N-dealkylation sites (N-methyl/N-ethyl adjacent to an activating group) is 2. The summed E-state index contributed by atoms with van der Waals surface area (Å²) < 4.78 is 0. The Labute approximate surface area is 95.7 Å². The van der Waals surface area contributed by atoms with Crippen LogP contribution in [-0.2, 0) is 0 Å². The zero-order chi connectivity index (χ0) is 11.3. The van der Waals surface area contributed by atoms with E-state index in [1.165, 1.54) is 22.5 Å². The van der Waals surface area contributed by atoms with Crippen LogP contribution in [0.25, 0.3) is 0 Å². The first kappa shape index (κ1) is 9.33. The van der Waals surface area contributed by atoms with E-state index in [0.29, 0.717) is 0 Å². The first-order valence-electron chi connectivity index (χ1n) is 5.41. The minimum Gasteiger partial charge on any atom is -0.386 e. The quantitative estimate of drug-likeness (QED) is 0.712. The molecule has 3 aliphatic rings. The third-order valence-corrected chi connectivity index (χ3v) is 3.33. The Kier molecular flexibility index (Phi) is 1.78. The van der Waals surface area contributed by atoms with Gasteiger partial charge in [-0.3, -0.25) is 0 Å². The minimum absolute atomic E-state index is 0.977. The molecule has 0 aromatic rings. The average molecular weight is 213 g/mol. The fraction of sp³-hybridized carbons (Fsp3) is 0.231. The predicted molar refractivity (Wildman–Crippen MR) is 65.0 cm³/mol. The van der Waals surface area contributed by atoms with Gasteiger partial charge < -0.3 is 15.1 Å². The van der Waals surface area contributed by atoms with Crippen LogP contribution in [0.1, 0.15) is 0 Å². The standard InChI is InChI=1S/C13H15N3/c1-9-4-5-15(2)13-11(10-7-14-8-10)6-12(13)16(9)3/h4-7,14H,1,8H2,2-3H3. The van der Waals surface area contributed by atoms with E-state index >= 15 is 0 Å². The first-order chi connectivity index (χ1) is 7.68. The smallest absolute Gasteiger partial charge is 0.0723 e. The van der Waals surface area contributed by atoms with Gasteiger partial charge in [-0.2, -0.15) is 0 Å². The molecule has 0 unspecified atom stereocenters. The molecular formula is C13H15N3. The molecule has 3 rings (SSSR count). The molecule has 1 aliphatic carbocycles. The maximum absolute atomic E-state index is 4.03. The maximum Gasteiger partial charge on any atom is 0.0723 e. The highest BCUT2D eigenvalue weighted by Gasteiger charge is 2.30. The van der Waals surface area contributed by atoms with E-state index in [1.54, 1.807) is 0 Å². The molecule has 1 N–H and O–H groups in total. The summed E-state index contributed by atoms with van der Waals surface area (Å²) in [7, 11) is 4.14. The van der Waals surface area contributed by atoms with Gasteiger partial charge in [0.25, 0.3) is 0 Å². The number of hydrogen-bond acceptors (Lipinski definition) is 3. The summed E-state index contributed by atoms with van der Waals surface area (Å²) in [4.78, 5) is 4.30. The lowest BCUT2D eigenvalue weighted by atomic mass is 9.89. The summed E-state index contributed by atoms with van der Waals surface area (Å²) in [5, 5.41) is 3.16. The van der Waals surface area contributed by atoms with Gasteiger partial charge in [0.2, 0.25) is 0 Å². The Morgan fingerprint density at radius 2 is 2.12 bits per heavy atom. The van der Waals surface area contributed by atoms with Crippen LogP contribution in [0, 0.1) is 0 Å². The number of allylic oxidation sites excluding steroid dienone is 3. The van der Waals surface area contributed by atoms with Gasteiger partial charge in [-0.05, 0) is 17.7 Å². The van der Waals surface area contributed by atoms with E-state index in [9.17, 15) is 0 Å². The molecular weight excluding hydrogens is 198 g/mol. The average Bonchev–Trinajstić information content (AvgIpc) is 2.22. The molecule has 0 aromatic carbocycles. The molecule has 0 saturated carbocycles. The Hall–Kier alpha value is -1.90. The van der Waals surface area contributed by atoms with Crippen molar-refractivity contribution in [2.75, 3.05) is 20.6 Å². The molecule has 16 heavy (non-hydrogen) atoms. The van der Waals surface area contributed by atoms with E-state index in [4.69, 9.17) is 0 Å². The molecule has 0 amide bonds. The van der Waals surface area contributed by atoms with Gasteiger partial charge in [0, 0.05) is 44.3 Å². The molecule has 3 heteroatoms. The van der Waals surface area contributed by atoms with Crippen molar-refractivity contribution in [1.29, 1.82) is 0 Å². The summed E-state index contributed by atoms with van der Waals surface area (Å²) >= 11 is 0. The SMILES string of the molecule is C=C1C=CN(C)C2=C(C=C2C2=CNC2)N1C. The molecule has 0 aromatic heterocycles. The monoisotopic (exact) mass is 213 g/mol. The van der Waals surface area contributed by atoms with E-state index in [0.717, 1.165) is 12.2 Å². The van der Waals surface area contributed by atoms with Crippen LogP contribution in [0.4, 0.5) is 0 Å². The Balaban J connectivity index is 1.98. The van der Waals surface area contributed by atoms with Gasteiger partial charge in [0.15, 0.2) is 0 Å². The molecule has 0 fully saturated rings. The third kappa shape index (κ3) is 1.08. The van der Waals surface area contributed by atoms with Crippen molar-refractivity contribution in [3.8, 4) is 0 Å². The molecule has 0 saturated heterocycles. The molecule has 82 valence electrons. The zero-order valence-corrected chi connectivity index (χ0v) is 9.62. The van der Waals surface area contributed by atoms with Crippen LogP contribution < -0.4 is 5.32 Å². The summed E-state index contributed by atoms with van der Waals surface area (Å²) in [5.74, 6) is 0. The maximum atomic E-state index is 4.03. The number of rotatable bonds is 1. The number of hydrogen-bond donors (Lipinski definition) is 1. The van der Waals surface area contributed by atoms with E-state index in [1.807, 2.05) is 6.08 Å². The van der Waals surface area contributed by atoms with Gasteiger partial charge in [0.05, 0.1) is 11.4 Å². The molecule has 0 spiro atoms. The fourth-order valence-corrected chi connectivity index (χ4v) is 2.12. The van der Waals surface area contributed by atoms with E-state index in [-0.39, 0.29) is 0 Å². The van der Waals surface area contributed by atoms with Crippen LogP contribution in [0.5, 0.6) is 0 Å². The first-order valence-corrected chi connectivity index (χ1v) is 5.41. The van der Waals surface area contributed by atoms with Crippen molar-refractivity contribution in [3.63, 3.8) is 0 Å². The highest BCUT2D eigenvalue weighted by Crippen LogP contribution is 2.39. The lowest BCUT2D eigenvalue weighted by molar-refractivity contribution is 0.499. The number of nitrogens with zero attached hydrogens (tertiary/aromatic N) is 2. The lowest BCUT2D eigenvalue weighted by Gasteiger charge is -2.36. The van der Waals surface area contributed by atoms with E-state index < -0.39 is 0 Å². The highest BCUT2D eigenvalue weighted by molar-refractivity contribution is 5.63. The highest BCUT2D eigenvalue weighted by atomic mass is 15.2. The summed E-state index contributed by atoms with van der Waals surface area (Å²) in [6.07, 6.45) is 8.42. The van der Waals surface area contributed by atoms with Crippen molar-refractivity contribution in [3.05, 3.63) is 59.4 Å². The van der Waals surface area contributed by atoms with Gasteiger partial charge in [0.1, 0.15) is 0 Å². The third-order valence-electron chi connectivity index (χ3n) is 3.33. The number of nitrogens with one attached hydrogen (secondary N) is 1. The van der Waals surface area contributed by atoms with E-state index in [2.05, 4.69) is 54.3 Å². The Morgan fingerprint density at radius 1 is 1.38 bits per heavy atom. The van der Waals surface area contributed by atoms with Crippen LogP contribution in [0.15, 0.2) is 59.4 Å². The van der Waals surface area contributed by atoms with Crippen molar-refractivity contribution < 1.29 is 0 Å². The van der Waals surface area contributed by atoms with Crippen molar-refractivity contribution >= 4 is 0 Å². The Morgan fingerprint density at radius 3 is 2.75 bits per heavy atom. The largest absolute Gasteiger partial charge is 0.386 e. The summed E-state index contributed by atoms with van der Waals surface area (Å²) in [6, 6.07) is 0. The topological polar surface area (TPSA) is 18.5 Å². The van der Waals surface area contributed by atoms with Crippen LogP contribution in [0.2, 0.25) is 0 Å². The van der Waals surface area contributed by atoms with Crippen LogP contribution >= 0.6 is 0 Å².